The van der Waals surface area contributed by atoms with Gasteiger partial charge in [0.1, 0.15) is 0 Å². The zero-order valence-corrected chi connectivity index (χ0v) is 14.2. The maximum atomic E-state index is 6.69. The first-order valence-corrected chi connectivity index (χ1v) is 10.8. The average Bonchev–Trinajstić information content (AvgIpc) is 2.44. The van der Waals surface area contributed by atoms with Crippen molar-refractivity contribution < 1.29 is 9.05 Å². The standard InChI is InChI=1S/C18H29O2P/c1-2-3-15-21(19-16-9-7-10-16,20-17-11-8-12-17)18-13-5-4-6-14-18/h4-6,13-14,16-17,21H,2-3,7-12,15H2,1H3. The first kappa shape index (κ1) is 15.5. The van der Waals surface area contributed by atoms with Crippen LogP contribution in [0.5, 0.6) is 0 Å². The van der Waals surface area contributed by atoms with Crippen molar-refractivity contribution in [3.05, 3.63) is 30.3 Å². The van der Waals surface area contributed by atoms with Crippen molar-refractivity contribution in [2.24, 2.45) is 0 Å². The van der Waals surface area contributed by atoms with Crippen LogP contribution < -0.4 is 5.30 Å². The molecule has 3 rings (SSSR count). The van der Waals surface area contributed by atoms with E-state index in [1.807, 2.05) is 0 Å². The van der Waals surface area contributed by atoms with Crippen LogP contribution in [0.2, 0.25) is 0 Å². The van der Waals surface area contributed by atoms with E-state index in [9.17, 15) is 0 Å². The summed E-state index contributed by atoms with van der Waals surface area (Å²) in [5.41, 5.74) is 0. The molecule has 0 amide bonds. The van der Waals surface area contributed by atoms with Crippen LogP contribution >= 0.6 is 7.72 Å². The van der Waals surface area contributed by atoms with E-state index in [-0.39, 0.29) is 0 Å². The zero-order chi connectivity index (χ0) is 14.5. The Morgan fingerprint density at radius 1 is 0.952 bits per heavy atom. The number of unbranched alkanes of at least 4 members (excludes halogenated alkanes) is 1. The molecule has 0 saturated heterocycles. The van der Waals surface area contributed by atoms with Crippen molar-refractivity contribution >= 4 is 13.0 Å². The van der Waals surface area contributed by atoms with Gasteiger partial charge in [-0.1, -0.05) is 0 Å². The third-order valence-corrected chi connectivity index (χ3v) is 8.54. The second kappa shape index (κ2) is 7.22. The molecular weight excluding hydrogens is 279 g/mol. The maximum absolute atomic E-state index is 6.69. The van der Waals surface area contributed by atoms with Crippen molar-refractivity contribution in [2.45, 2.75) is 70.5 Å². The number of rotatable bonds is 8. The van der Waals surface area contributed by atoms with Gasteiger partial charge in [0.2, 0.25) is 0 Å². The van der Waals surface area contributed by atoms with E-state index < -0.39 is 7.72 Å². The van der Waals surface area contributed by atoms with Gasteiger partial charge in [0, 0.05) is 0 Å². The topological polar surface area (TPSA) is 18.5 Å². The first-order chi connectivity index (χ1) is 10.3. The van der Waals surface area contributed by atoms with E-state index in [2.05, 4.69) is 37.3 Å². The summed E-state index contributed by atoms with van der Waals surface area (Å²) in [7, 11) is -2.26. The number of benzene rings is 1. The first-order valence-electron chi connectivity index (χ1n) is 8.73. The molecular formula is C18H29O2P. The molecule has 2 saturated carbocycles. The van der Waals surface area contributed by atoms with Gasteiger partial charge in [0.15, 0.2) is 0 Å². The van der Waals surface area contributed by atoms with Gasteiger partial charge in [-0.25, -0.2) is 0 Å². The van der Waals surface area contributed by atoms with E-state index in [0.29, 0.717) is 12.2 Å². The molecule has 3 heteroatoms. The van der Waals surface area contributed by atoms with E-state index in [1.54, 1.807) is 0 Å². The molecule has 118 valence electrons. The molecule has 1 aromatic rings. The van der Waals surface area contributed by atoms with E-state index in [4.69, 9.17) is 9.05 Å². The molecule has 21 heavy (non-hydrogen) atoms. The van der Waals surface area contributed by atoms with Gasteiger partial charge >= 0.3 is 129 Å². The van der Waals surface area contributed by atoms with Gasteiger partial charge in [0.25, 0.3) is 0 Å². The zero-order valence-electron chi connectivity index (χ0n) is 13.2. The van der Waals surface area contributed by atoms with Crippen LogP contribution in [0.4, 0.5) is 0 Å². The van der Waals surface area contributed by atoms with Gasteiger partial charge in [-0.3, -0.25) is 0 Å². The fourth-order valence-corrected chi connectivity index (χ4v) is 6.96. The van der Waals surface area contributed by atoms with Crippen LogP contribution in [0.3, 0.4) is 0 Å². The normalized spacial score (nSPS) is 20.8. The molecule has 0 heterocycles. The Morgan fingerprint density at radius 3 is 1.95 bits per heavy atom. The third kappa shape index (κ3) is 3.67. The van der Waals surface area contributed by atoms with Gasteiger partial charge in [0.05, 0.1) is 0 Å². The second-order valence-electron chi connectivity index (χ2n) is 6.56. The summed E-state index contributed by atoms with van der Waals surface area (Å²) in [5, 5.41) is 1.34. The Kier molecular flexibility index (Phi) is 5.32. The van der Waals surface area contributed by atoms with Crippen LogP contribution in [-0.2, 0) is 9.05 Å². The molecule has 0 unspecified atom stereocenters. The molecule has 2 nitrogen and oxygen atoms in total. The van der Waals surface area contributed by atoms with Gasteiger partial charge in [-0.2, -0.15) is 0 Å². The summed E-state index contributed by atoms with van der Waals surface area (Å²) < 4.78 is 13.4. The summed E-state index contributed by atoms with van der Waals surface area (Å²) >= 11 is 0. The third-order valence-electron chi connectivity index (χ3n) is 4.89. The molecule has 0 radical (unpaired) electrons. The van der Waals surface area contributed by atoms with Gasteiger partial charge < -0.3 is 0 Å². The Bertz CT molecular complexity index is 410. The minimum atomic E-state index is -2.26. The second-order valence-corrected chi connectivity index (χ2v) is 9.62. The van der Waals surface area contributed by atoms with Crippen LogP contribution in [0.15, 0.2) is 30.3 Å². The molecule has 0 spiro atoms. The van der Waals surface area contributed by atoms with Crippen molar-refractivity contribution in [1.82, 2.24) is 0 Å². The number of hydrogen-bond acceptors (Lipinski definition) is 2. The fourth-order valence-electron chi connectivity index (χ4n) is 3.04. The van der Waals surface area contributed by atoms with Crippen molar-refractivity contribution in [2.75, 3.05) is 6.16 Å². The molecule has 0 atom stereocenters. The SMILES string of the molecule is CCCC[PH](OC1CCC1)(OC1CCC1)c1ccccc1. The quantitative estimate of drug-likeness (QED) is 0.640. The van der Waals surface area contributed by atoms with Crippen LogP contribution in [0.25, 0.3) is 0 Å². The number of hydrogen-bond donors (Lipinski definition) is 0. The van der Waals surface area contributed by atoms with Crippen LogP contribution in [0, 0.1) is 0 Å². The molecule has 2 aliphatic carbocycles. The van der Waals surface area contributed by atoms with Crippen LogP contribution in [0.1, 0.15) is 58.3 Å². The molecule has 0 aliphatic heterocycles. The van der Waals surface area contributed by atoms with Crippen molar-refractivity contribution in [1.29, 1.82) is 0 Å². The Balaban J connectivity index is 1.83. The predicted molar refractivity (Wildman–Crippen MR) is 91.6 cm³/mol. The van der Waals surface area contributed by atoms with Crippen LogP contribution in [-0.4, -0.2) is 18.4 Å². The molecule has 2 aliphatic rings. The van der Waals surface area contributed by atoms with Crippen molar-refractivity contribution in [3.63, 3.8) is 0 Å². The fraction of sp³-hybridized carbons (Fsp3) is 0.667. The van der Waals surface area contributed by atoms with Crippen molar-refractivity contribution in [3.8, 4) is 0 Å². The molecule has 0 aromatic heterocycles. The predicted octanol–water partition coefficient (Wildman–Crippen LogP) is 4.83. The molecule has 2 fully saturated rings. The molecule has 1 aromatic carbocycles. The van der Waals surface area contributed by atoms with Gasteiger partial charge in [-0.15, -0.1) is 0 Å². The Morgan fingerprint density at radius 2 is 1.52 bits per heavy atom. The summed E-state index contributed by atoms with van der Waals surface area (Å²) in [6, 6.07) is 10.8. The van der Waals surface area contributed by atoms with E-state index in [0.717, 1.165) is 6.16 Å². The summed E-state index contributed by atoms with van der Waals surface area (Å²) in [5.74, 6) is 0. The summed E-state index contributed by atoms with van der Waals surface area (Å²) in [6.45, 7) is 2.26. The average molecular weight is 308 g/mol. The summed E-state index contributed by atoms with van der Waals surface area (Å²) in [4.78, 5) is 0. The van der Waals surface area contributed by atoms with E-state index in [1.165, 1.54) is 56.7 Å². The molecule has 0 bridgehead atoms. The van der Waals surface area contributed by atoms with E-state index >= 15 is 0 Å². The monoisotopic (exact) mass is 308 g/mol. The summed E-state index contributed by atoms with van der Waals surface area (Å²) in [6.07, 6.45) is 12.0. The Hall–Kier alpha value is -0.430. The Labute approximate surface area is 129 Å². The van der Waals surface area contributed by atoms with Gasteiger partial charge in [-0.05, 0) is 0 Å². The molecule has 0 N–H and O–H groups in total. The minimum absolute atomic E-state index is 0.453.